The highest BCUT2D eigenvalue weighted by Gasteiger charge is 2.08. The van der Waals surface area contributed by atoms with Gasteiger partial charge in [0.15, 0.2) is 0 Å². The van der Waals surface area contributed by atoms with Crippen LogP contribution in [0.4, 0.5) is 4.39 Å². The number of aromatic hydroxyl groups is 1. The van der Waals surface area contributed by atoms with E-state index >= 15 is 0 Å². The molecule has 0 heterocycles. The molecule has 0 fully saturated rings. The molecule has 3 nitrogen and oxygen atoms in total. The molecule has 3 aromatic carbocycles. The number of phenolic OH excluding ortho intramolecular Hbond substituents is 1. The Kier molecular flexibility index (Phi) is 5.00. The highest BCUT2D eigenvalue weighted by atomic mass is 19.1. The number of hydrogen-bond donors (Lipinski definition) is 1. The second kappa shape index (κ2) is 7.53. The minimum atomic E-state index is -0.433. The molecule has 0 saturated carbocycles. The molecule has 0 saturated heterocycles. The second-order valence-corrected chi connectivity index (χ2v) is 5.53. The van der Waals surface area contributed by atoms with Crippen LogP contribution in [0.15, 0.2) is 89.1 Å². The first-order valence-electron chi connectivity index (χ1n) is 7.87. The van der Waals surface area contributed by atoms with Crippen molar-refractivity contribution in [1.82, 2.24) is 0 Å². The summed E-state index contributed by atoms with van der Waals surface area (Å²) in [6.07, 6.45) is 0. The summed E-state index contributed by atoms with van der Waals surface area (Å²) in [7, 11) is 0. The van der Waals surface area contributed by atoms with Crippen molar-refractivity contribution in [2.75, 3.05) is 0 Å². The molecular weight excluding hydrogens is 315 g/mol. The number of hydrogen-bond acceptors (Lipinski definition) is 3. The molecule has 3 rings (SSSR count). The van der Waals surface area contributed by atoms with E-state index in [0.717, 1.165) is 11.1 Å². The maximum absolute atomic E-state index is 13.4. The fourth-order valence-corrected chi connectivity index (χ4v) is 2.45. The number of halogens is 1. The molecule has 1 N–H and O–H groups in total. The minimum absolute atomic E-state index is 0.0289. The SMILES string of the molecule is C/C(=N\N=C(c1ccccc1)c1ccccc1)c1cc(F)ccc1O. The lowest BCUT2D eigenvalue weighted by Gasteiger charge is -2.06. The lowest BCUT2D eigenvalue weighted by molar-refractivity contribution is 0.472. The number of benzene rings is 3. The Morgan fingerprint density at radius 2 is 1.36 bits per heavy atom. The van der Waals surface area contributed by atoms with Gasteiger partial charge in [-0.05, 0) is 25.1 Å². The smallest absolute Gasteiger partial charge is 0.124 e. The van der Waals surface area contributed by atoms with Gasteiger partial charge in [-0.2, -0.15) is 5.10 Å². The van der Waals surface area contributed by atoms with E-state index in [1.54, 1.807) is 6.92 Å². The van der Waals surface area contributed by atoms with Crippen LogP contribution in [0.1, 0.15) is 23.6 Å². The van der Waals surface area contributed by atoms with Gasteiger partial charge in [-0.1, -0.05) is 60.7 Å². The summed E-state index contributed by atoms with van der Waals surface area (Å²) in [5.74, 6) is -0.462. The summed E-state index contributed by atoms with van der Waals surface area (Å²) in [5, 5.41) is 18.5. The van der Waals surface area contributed by atoms with Crippen molar-refractivity contribution in [2.45, 2.75) is 6.92 Å². The zero-order valence-corrected chi connectivity index (χ0v) is 13.7. The van der Waals surface area contributed by atoms with Crippen LogP contribution >= 0.6 is 0 Å². The molecule has 25 heavy (non-hydrogen) atoms. The summed E-state index contributed by atoms with van der Waals surface area (Å²) < 4.78 is 13.4. The summed E-state index contributed by atoms with van der Waals surface area (Å²) in [4.78, 5) is 0. The Hall–Kier alpha value is -3.27. The highest BCUT2D eigenvalue weighted by Crippen LogP contribution is 2.19. The first kappa shape index (κ1) is 16.6. The van der Waals surface area contributed by atoms with Crippen LogP contribution in [0.3, 0.4) is 0 Å². The topological polar surface area (TPSA) is 45.0 Å². The van der Waals surface area contributed by atoms with Crippen LogP contribution in [0.25, 0.3) is 0 Å². The number of phenols is 1. The molecule has 0 aliphatic rings. The summed E-state index contributed by atoms with van der Waals surface area (Å²) >= 11 is 0. The van der Waals surface area contributed by atoms with Crippen molar-refractivity contribution >= 4 is 11.4 Å². The van der Waals surface area contributed by atoms with Gasteiger partial charge in [0.1, 0.15) is 17.3 Å². The molecule has 0 aliphatic heterocycles. The van der Waals surface area contributed by atoms with Gasteiger partial charge in [-0.3, -0.25) is 0 Å². The Labute approximate surface area is 145 Å². The van der Waals surface area contributed by atoms with Gasteiger partial charge in [0.05, 0.1) is 5.71 Å². The van der Waals surface area contributed by atoms with E-state index in [-0.39, 0.29) is 5.75 Å². The van der Waals surface area contributed by atoms with Gasteiger partial charge < -0.3 is 5.11 Å². The molecule has 4 heteroatoms. The Morgan fingerprint density at radius 1 is 0.800 bits per heavy atom. The predicted octanol–water partition coefficient (Wildman–Crippen LogP) is 4.79. The van der Waals surface area contributed by atoms with Crippen molar-refractivity contribution in [3.05, 3.63) is 101 Å². The molecule has 0 aliphatic carbocycles. The molecule has 0 radical (unpaired) electrons. The van der Waals surface area contributed by atoms with E-state index in [1.165, 1.54) is 18.2 Å². The van der Waals surface area contributed by atoms with Crippen molar-refractivity contribution in [3.63, 3.8) is 0 Å². The van der Waals surface area contributed by atoms with Crippen LogP contribution in [0.5, 0.6) is 5.75 Å². The van der Waals surface area contributed by atoms with Crippen molar-refractivity contribution < 1.29 is 9.50 Å². The fourth-order valence-electron chi connectivity index (χ4n) is 2.45. The minimum Gasteiger partial charge on any atom is -0.507 e. The molecule has 124 valence electrons. The highest BCUT2D eigenvalue weighted by molar-refractivity contribution is 6.13. The van der Waals surface area contributed by atoms with Crippen LogP contribution in [-0.2, 0) is 0 Å². The quantitative estimate of drug-likeness (QED) is 0.542. The fraction of sp³-hybridized carbons (Fsp3) is 0.0476. The van der Waals surface area contributed by atoms with E-state index in [1.807, 2.05) is 60.7 Å². The Morgan fingerprint density at radius 3 is 1.92 bits per heavy atom. The van der Waals surface area contributed by atoms with Crippen molar-refractivity contribution in [3.8, 4) is 5.75 Å². The third-order valence-corrected chi connectivity index (χ3v) is 3.74. The normalized spacial score (nSPS) is 11.2. The van der Waals surface area contributed by atoms with E-state index < -0.39 is 5.82 Å². The molecule has 0 unspecified atom stereocenters. The standard InChI is InChI=1S/C21H17FN2O/c1-15(19-14-18(22)12-13-20(19)25)23-24-21(16-8-4-2-5-9-16)17-10-6-3-7-11-17/h2-14,25H,1H3/b23-15+. The second-order valence-electron chi connectivity index (χ2n) is 5.53. The summed E-state index contributed by atoms with van der Waals surface area (Å²) in [5.41, 5.74) is 3.31. The molecule has 0 spiro atoms. The molecule has 0 bridgehead atoms. The van der Waals surface area contributed by atoms with Crippen LogP contribution < -0.4 is 0 Å². The average molecular weight is 332 g/mol. The molecule has 0 aromatic heterocycles. The first-order valence-corrected chi connectivity index (χ1v) is 7.87. The van der Waals surface area contributed by atoms with E-state index in [9.17, 15) is 9.50 Å². The lowest BCUT2D eigenvalue weighted by Crippen LogP contribution is -2.03. The molecular formula is C21H17FN2O. The maximum atomic E-state index is 13.4. The number of rotatable bonds is 4. The largest absolute Gasteiger partial charge is 0.507 e. The van der Waals surface area contributed by atoms with Gasteiger partial charge in [0, 0.05) is 16.7 Å². The third kappa shape index (κ3) is 3.98. The van der Waals surface area contributed by atoms with Crippen molar-refractivity contribution in [2.24, 2.45) is 10.2 Å². The lowest BCUT2D eigenvalue weighted by atomic mass is 10.0. The van der Waals surface area contributed by atoms with Gasteiger partial charge >= 0.3 is 0 Å². The molecule has 3 aromatic rings. The monoisotopic (exact) mass is 332 g/mol. The van der Waals surface area contributed by atoms with Crippen LogP contribution in [-0.4, -0.2) is 16.5 Å². The van der Waals surface area contributed by atoms with Gasteiger partial charge in [0.2, 0.25) is 0 Å². The Bertz CT molecular complexity index is 878. The first-order chi connectivity index (χ1) is 12.1. The average Bonchev–Trinajstić information content (AvgIpc) is 2.65. The Balaban J connectivity index is 2.06. The van der Waals surface area contributed by atoms with E-state index in [0.29, 0.717) is 17.0 Å². The van der Waals surface area contributed by atoms with Crippen molar-refractivity contribution in [1.29, 1.82) is 0 Å². The predicted molar refractivity (Wildman–Crippen MR) is 98.8 cm³/mol. The molecule has 0 atom stereocenters. The molecule has 0 amide bonds. The third-order valence-electron chi connectivity index (χ3n) is 3.74. The zero-order valence-electron chi connectivity index (χ0n) is 13.7. The van der Waals surface area contributed by atoms with E-state index in [2.05, 4.69) is 10.2 Å². The maximum Gasteiger partial charge on any atom is 0.124 e. The summed E-state index contributed by atoms with van der Waals surface area (Å²) in [6, 6.07) is 23.2. The number of nitrogens with zero attached hydrogens (tertiary/aromatic N) is 2. The van der Waals surface area contributed by atoms with Gasteiger partial charge in [-0.25, -0.2) is 4.39 Å². The van der Waals surface area contributed by atoms with Gasteiger partial charge in [-0.15, -0.1) is 5.10 Å². The van der Waals surface area contributed by atoms with Gasteiger partial charge in [0.25, 0.3) is 0 Å². The zero-order chi connectivity index (χ0) is 17.6. The van der Waals surface area contributed by atoms with Crippen LogP contribution in [0, 0.1) is 5.82 Å². The van der Waals surface area contributed by atoms with Crippen LogP contribution in [0.2, 0.25) is 0 Å². The summed E-state index contributed by atoms with van der Waals surface area (Å²) in [6.45, 7) is 1.69. The van der Waals surface area contributed by atoms with E-state index in [4.69, 9.17) is 0 Å².